The van der Waals surface area contributed by atoms with E-state index in [0.29, 0.717) is 0 Å². The first kappa shape index (κ1) is 12.6. The zero-order valence-corrected chi connectivity index (χ0v) is 11.7. The Morgan fingerprint density at radius 3 is 2.71 bits per heavy atom. The van der Waals surface area contributed by atoms with Crippen LogP contribution in [0.5, 0.6) is 0 Å². The first-order chi connectivity index (χ1) is 8.24. The lowest BCUT2D eigenvalue weighted by Gasteiger charge is -2.34. The molecular formula is C14H18BrNO. The van der Waals surface area contributed by atoms with E-state index in [1.807, 2.05) is 18.2 Å². The third-order valence-corrected chi connectivity index (χ3v) is 4.14. The molecule has 1 aliphatic heterocycles. The zero-order chi connectivity index (χ0) is 12.3. The van der Waals surface area contributed by atoms with Crippen LogP contribution in [0.25, 0.3) is 0 Å². The maximum absolute atomic E-state index is 11.1. The van der Waals surface area contributed by atoms with E-state index in [9.17, 15) is 4.79 Å². The van der Waals surface area contributed by atoms with Gasteiger partial charge in [0.15, 0.2) is 6.29 Å². The summed E-state index contributed by atoms with van der Waals surface area (Å²) >= 11 is 3.40. The molecule has 0 aromatic heterocycles. The van der Waals surface area contributed by atoms with E-state index in [-0.39, 0.29) is 0 Å². The Morgan fingerprint density at radius 2 is 2.12 bits per heavy atom. The smallest absolute Gasteiger partial charge is 0.152 e. The molecule has 2 nitrogen and oxygen atoms in total. The van der Waals surface area contributed by atoms with Crippen LogP contribution < -0.4 is 4.90 Å². The van der Waals surface area contributed by atoms with E-state index < -0.39 is 0 Å². The summed E-state index contributed by atoms with van der Waals surface area (Å²) in [6.45, 7) is 4.40. The van der Waals surface area contributed by atoms with Crippen molar-refractivity contribution < 1.29 is 4.79 Å². The van der Waals surface area contributed by atoms with Crippen LogP contribution in [0.4, 0.5) is 5.69 Å². The summed E-state index contributed by atoms with van der Waals surface area (Å²) < 4.78 is 0.965. The third-order valence-electron chi connectivity index (χ3n) is 3.65. The van der Waals surface area contributed by atoms with E-state index >= 15 is 0 Å². The lowest BCUT2D eigenvalue weighted by Crippen LogP contribution is -2.34. The Hall–Kier alpha value is -0.830. The minimum absolute atomic E-state index is 0.786. The van der Waals surface area contributed by atoms with Gasteiger partial charge in [0.25, 0.3) is 0 Å². The number of nitrogens with zero attached hydrogens (tertiary/aromatic N) is 1. The van der Waals surface area contributed by atoms with Gasteiger partial charge in [0.05, 0.1) is 0 Å². The van der Waals surface area contributed by atoms with Gasteiger partial charge >= 0.3 is 0 Å². The summed E-state index contributed by atoms with van der Waals surface area (Å²) in [6.07, 6.45) is 4.70. The molecule has 0 spiro atoms. The fourth-order valence-electron chi connectivity index (χ4n) is 2.49. The highest BCUT2D eigenvalue weighted by Crippen LogP contribution is 2.28. The monoisotopic (exact) mass is 295 g/mol. The molecule has 1 aliphatic rings. The number of halogens is 1. The van der Waals surface area contributed by atoms with Gasteiger partial charge in [-0.15, -0.1) is 0 Å². The number of hydrogen-bond acceptors (Lipinski definition) is 2. The van der Waals surface area contributed by atoms with Crippen molar-refractivity contribution in [2.45, 2.75) is 26.2 Å². The molecular weight excluding hydrogens is 278 g/mol. The summed E-state index contributed by atoms with van der Waals surface area (Å²) in [5.74, 6) is 0.862. The van der Waals surface area contributed by atoms with Crippen molar-refractivity contribution in [3.63, 3.8) is 0 Å². The summed E-state index contributed by atoms with van der Waals surface area (Å²) in [4.78, 5) is 13.4. The molecule has 2 rings (SSSR count). The molecule has 0 saturated carbocycles. The lowest BCUT2D eigenvalue weighted by molar-refractivity contribution is 0.112. The summed E-state index contributed by atoms with van der Waals surface area (Å²) in [6, 6.07) is 5.95. The fourth-order valence-corrected chi connectivity index (χ4v) is 2.87. The van der Waals surface area contributed by atoms with Crippen molar-refractivity contribution in [3.8, 4) is 0 Å². The van der Waals surface area contributed by atoms with Gasteiger partial charge in [-0.1, -0.05) is 29.3 Å². The molecule has 92 valence electrons. The maximum Gasteiger partial charge on any atom is 0.152 e. The normalized spacial score (nSPS) is 17.2. The Labute approximate surface area is 111 Å². The second-order valence-corrected chi connectivity index (χ2v) is 5.58. The van der Waals surface area contributed by atoms with Crippen LogP contribution in [0, 0.1) is 5.92 Å². The second kappa shape index (κ2) is 5.67. The zero-order valence-electron chi connectivity index (χ0n) is 10.2. The molecule has 1 saturated heterocycles. The largest absolute Gasteiger partial charge is 0.371 e. The molecule has 0 bridgehead atoms. The van der Waals surface area contributed by atoms with Crippen LogP contribution in [0.1, 0.15) is 36.5 Å². The number of rotatable bonds is 3. The predicted molar refractivity (Wildman–Crippen MR) is 74.8 cm³/mol. The van der Waals surface area contributed by atoms with E-state index in [1.54, 1.807) is 0 Å². The summed E-state index contributed by atoms with van der Waals surface area (Å²) in [5, 5.41) is 0. The van der Waals surface area contributed by atoms with Gasteiger partial charge in [-0.05, 0) is 37.0 Å². The number of carbonyl (C=O) groups is 1. The van der Waals surface area contributed by atoms with Crippen molar-refractivity contribution in [1.82, 2.24) is 0 Å². The standard InChI is InChI=1S/C14H18BrNO/c1-2-11-5-7-16(8-6-11)14-4-3-13(15)9-12(14)10-17/h3-4,9-11H,2,5-8H2,1H3. The maximum atomic E-state index is 11.1. The van der Waals surface area contributed by atoms with E-state index in [1.165, 1.54) is 19.3 Å². The second-order valence-electron chi connectivity index (χ2n) is 4.66. The molecule has 0 aliphatic carbocycles. The van der Waals surface area contributed by atoms with Crippen molar-refractivity contribution in [1.29, 1.82) is 0 Å². The first-order valence-electron chi connectivity index (χ1n) is 6.24. The van der Waals surface area contributed by atoms with Crippen LogP contribution in [-0.2, 0) is 0 Å². The Kier molecular flexibility index (Phi) is 4.21. The van der Waals surface area contributed by atoms with Gasteiger partial charge in [-0.25, -0.2) is 0 Å². The van der Waals surface area contributed by atoms with Crippen molar-refractivity contribution in [2.75, 3.05) is 18.0 Å². The summed E-state index contributed by atoms with van der Waals surface area (Å²) in [7, 11) is 0. The first-order valence-corrected chi connectivity index (χ1v) is 7.03. The van der Waals surface area contributed by atoms with Crippen LogP contribution in [-0.4, -0.2) is 19.4 Å². The number of carbonyl (C=O) groups excluding carboxylic acids is 1. The molecule has 0 N–H and O–H groups in total. The molecule has 1 aromatic carbocycles. The highest BCUT2D eigenvalue weighted by Gasteiger charge is 2.19. The number of anilines is 1. The van der Waals surface area contributed by atoms with E-state index in [0.717, 1.165) is 41.0 Å². The van der Waals surface area contributed by atoms with E-state index in [2.05, 4.69) is 27.8 Å². The fraction of sp³-hybridized carbons (Fsp3) is 0.500. The molecule has 3 heteroatoms. The van der Waals surface area contributed by atoms with Gasteiger partial charge in [-0.3, -0.25) is 4.79 Å². The Bertz CT molecular complexity index is 397. The molecule has 0 unspecified atom stereocenters. The average Bonchev–Trinajstić information content (AvgIpc) is 2.39. The number of benzene rings is 1. The molecule has 1 heterocycles. The molecule has 0 amide bonds. The molecule has 0 radical (unpaired) electrons. The highest BCUT2D eigenvalue weighted by atomic mass is 79.9. The Balaban J connectivity index is 2.15. The summed E-state index contributed by atoms with van der Waals surface area (Å²) in [5.41, 5.74) is 1.87. The van der Waals surface area contributed by atoms with Crippen LogP contribution >= 0.6 is 15.9 Å². The predicted octanol–water partition coefficient (Wildman–Crippen LogP) is 3.89. The van der Waals surface area contributed by atoms with Gasteiger partial charge in [-0.2, -0.15) is 0 Å². The van der Waals surface area contributed by atoms with Gasteiger partial charge in [0.1, 0.15) is 0 Å². The van der Waals surface area contributed by atoms with Crippen molar-refractivity contribution in [3.05, 3.63) is 28.2 Å². The van der Waals surface area contributed by atoms with Gasteiger partial charge < -0.3 is 4.90 Å². The quantitative estimate of drug-likeness (QED) is 0.789. The molecule has 1 fully saturated rings. The highest BCUT2D eigenvalue weighted by molar-refractivity contribution is 9.10. The van der Waals surface area contributed by atoms with Crippen molar-refractivity contribution >= 4 is 27.9 Å². The van der Waals surface area contributed by atoms with Crippen molar-refractivity contribution in [2.24, 2.45) is 5.92 Å². The molecule has 0 atom stereocenters. The van der Waals surface area contributed by atoms with Crippen LogP contribution in [0.3, 0.4) is 0 Å². The molecule has 17 heavy (non-hydrogen) atoms. The number of piperidine rings is 1. The van der Waals surface area contributed by atoms with Gasteiger partial charge in [0.2, 0.25) is 0 Å². The molecule has 1 aromatic rings. The minimum Gasteiger partial charge on any atom is -0.371 e. The van der Waals surface area contributed by atoms with Crippen LogP contribution in [0.2, 0.25) is 0 Å². The number of hydrogen-bond donors (Lipinski definition) is 0. The Morgan fingerprint density at radius 1 is 1.41 bits per heavy atom. The topological polar surface area (TPSA) is 20.3 Å². The van der Waals surface area contributed by atoms with Crippen LogP contribution in [0.15, 0.2) is 22.7 Å². The third kappa shape index (κ3) is 2.89. The van der Waals surface area contributed by atoms with Gasteiger partial charge in [0, 0.05) is 28.8 Å². The number of aldehydes is 1. The average molecular weight is 296 g/mol. The van der Waals surface area contributed by atoms with E-state index in [4.69, 9.17) is 0 Å². The SMILES string of the molecule is CCC1CCN(c2ccc(Br)cc2C=O)CC1. The minimum atomic E-state index is 0.786. The lowest BCUT2D eigenvalue weighted by atomic mass is 9.94.